The van der Waals surface area contributed by atoms with E-state index in [2.05, 4.69) is 21.3 Å². The van der Waals surface area contributed by atoms with Crippen molar-refractivity contribution in [1.29, 1.82) is 0 Å². The number of carbonyl (C=O) groups excluding carboxylic acids is 1. The summed E-state index contributed by atoms with van der Waals surface area (Å²) >= 11 is 0. The van der Waals surface area contributed by atoms with Crippen LogP contribution in [-0.4, -0.2) is 60.3 Å². The minimum absolute atomic E-state index is 0.0240. The number of urea groups is 1. The average molecular weight is 343 g/mol. The number of nitrogens with one attached hydrogen (secondary N) is 1. The molecule has 1 aliphatic heterocycles. The molecule has 0 bridgehead atoms. The fourth-order valence-corrected chi connectivity index (χ4v) is 2.96. The first-order valence-corrected chi connectivity index (χ1v) is 8.64. The Kier molecular flexibility index (Phi) is 5.77. The number of nitrogens with zero attached hydrogens (tertiary/aromatic N) is 4. The highest BCUT2D eigenvalue weighted by molar-refractivity contribution is 5.74. The summed E-state index contributed by atoms with van der Waals surface area (Å²) in [7, 11) is 1.67. The minimum atomic E-state index is 0.0240. The van der Waals surface area contributed by atoms with E-state index < -0.39 is 0 Å². The van der Waals surface area contributed by atoms with Crippen LogP contribution in [0.25, 0.3) is 0 Å². The summed E-state index contributed by atoms with van der Waals surface area (Å²) in [5, 5.41) is 3.00. The first kappa shape index (κ1) is 17.1. The largest absolute Gasteiger partial charge is 0.497 e. The molecule has 2 amide bonds. The van der Waals surface area contributed by atoms with E-state index in [0.717, 1.165) is 50.6 Å². The van der Waals surface area contributed by atoms with Crippen LogP contribution in [0.2, 0.25) is 0 Å². The van der Waals surface area contributed by atoms with Gasteiger partial charge in [-0.15, -0.1) is 0 Å². The van der Waals surface area contributed by atoms with E-state index in [4.69, 9.17) is 4.74 Å². The van der Waals surface area contributed by atoms with Gasteiger partial charge in [0.1, 0.15) is 5.75 Å². The lowest BCUT2D eigenvalue weighted by Gasteiger charge is -2.36. The van der Waals surface area contributed by atoms with E-state index in [-0.39, 0.29) is 6.03 Å². The molecule has 1 aromatic carbocycles. The average Bonchev–Trinajstić information content (AvgIpc) is 3.19. The number of methoxy groups -OCH3 is 1. The summed E-state index contributed by atoms with van der Waals surface area (Å²) in [5.74, 6) is 0.857. The van der Waals surface area contributed by atoms with E-state index >= 15 is 0 Å². The lowest BCUT2D eigenvalue weighted by atomic mass is 10.2. The molecule has 1 N–H and O–H groups in total. The minimum Gasteiger partial charge on any atom is -0.497 e. The normalized spacial score (nSPS) is 14.4. The second-order valence-electron chi connectivity index (χ2n) is 6.06. The lowest BCUT2D eigenvalue weighted by Crippen LogP contribution is -2.52. The van der Waals surface area contributed by atoms with Gasteiger partial charge < -0.3 is 24.4 Å². The SMILES string of the molecule is COc1cccc(N2CCN(C(=O)NCCCn3ccnc3)CC2)c1. The maximum absolute atomic E-state index is 12.3. The Hall–Kier alpha value is -2.70. The zero-order chi connectivity index (χ0) is 17.5. The van der Waals surface area contributed by atoms with Crippen LogP contribution < -0.4 is 15.0 Å². The van der Waals surface area contributed by atoms with Crippen LogP contribution in [0.4, 0.5) is 10.5 Å². The number of ether oxygens (including phenoxy) is 1. The fourth-order valence-electron chi connectivity index (χ4n) is 2.96. The Bertz CT molecular complexity index is 666. The molecule has 25 heavy (non-hydrogen) atoms. The van der Waals surface area contributed by atoms with Crippen LogP contribution in [-0.2, 0) is 6.54 Å². The third-order valence-electron chi connectivity index (χ3n) is 4.41. The molecule has 1 fully saturated rings. The van der Waals surface area contributed by atoms with Crippen molar-refractivity contribution in [3.8, 4) is 5.75 Å². The first-order chi connectivity index (χ1) is 12.3. The van der Waals surface area contributed by atoms with Crippen molar-refractivity contribution in [3.63, 3.8) is 0 Å². The number of imidazole rings is 1. The monoisotopic (exact) mass is 343 g/mol. The van der Waals surface area contributed by atoms with E-state index in [0.29, 0.717) is 6.54 Å². The number of carbonyl (C=O) groups is 1. The quantitative estimate of drug-likeness (QED) is 0.813. The molecule has 1 saturated heterocycles. The smallest absolute Gasteiger partial charge is 0.317 e. The highest BCUT2D eigenvalue weighted by atomic mass is 16.5. The number of rotatable bonds is 6. The second-order valence-corrected chi connectivity index (χ2v) is 6.06. The van der Waals surface area contributed by atoms with Gasteiger partial charge >= 0.3 is 6.03 Å². The predicted molar refractivity (Wildman–Crippen MR) is 97.0 cm³/mol. The molecule has 3 rings (SSSR count). The summed E-state index contributed by atoms with van der Waals surface area (Å²) in [4.78, 5) is 20.4. The Labute approximate surface area is 148 Å². The molecule has 1 aliphatic rings. The zero-order valence-electron chi connectivity index (χ0n) is 14.6. The number of aromatic nitrogens is 2. The number of benzene rings is 1. The van der Waals surface area contributed by atoms with E-state index in [1.54, 1.807) is 19.6 Å². The third-order valence-corrected chi connectivity index (χ3v) is 4.41. The highest BCUT2D eigenvalue weighted by Gasteiger charge is 2.21. The van der Waals surface area contributed by atoms with Crippen molar-refractivity contribution in [1.82, 2.24) is 19.8 Å². The van der Waals surface area contributed by atoms with Gasteiger partial charge in [0.05, 0.1) is 13.4 Å². The second kappa shape index (κ2) is 8.41. The van der Waals surface area contributed by atoms with Gasteiger partial charge in [-0.05, 0) is 18.6 Å². The van der Waals surface area contributed by atoms with Gasteiger partial charge in [0.25, 0.3) is 0 Å². The molecule has 0 radical (unpaired) electrons. The molecule has 0 unspecified atom stereocenters. The molecule has 7 nitrogen and oxygen atoms in total. The summed E-state index contributed by atoms with van der Waals surface area (Å²) in [5.41, 5.74) is 1.14. The van der Waals surface area contributed by atoms with Crippen molar-refractivity contribution in [2.75, 3.05) is 44.7 Å². The first-order valence-electron chi connectivity index (χ1n) is 8.64. The van der Waals surface area contributed by atoms with Gasteiger partial charge in [0.15, 0.2) is 0 Å². The molecule has 2 heterocycles. The van der Waals surface area contributed by atoms with Crippen molar-refractivity contribution in [3.05, 3.63) is 43.0 Å². The molecule has 7 heteroatoms. The van der Waals surface area contributed by atoms with Crippen LogP contribution in [0.3, 0.4) is 0 Å². The highest BCUT2D eigenvalue weighted by Crippen LogP contribution is 2.22. The number of aryl methyl sites for hydroxylation is 1. The van der Waals surface area contributed by atoms with Gasteiger partial charge in [0.2, 0.25) is 0 Å². The van der Waals surface area contributed by atoms with Crippen molar-refractivity contribution >= 4 is 11.7 Å². The van der Waals surface area contributed by atoms with Gasteiger partial charge in [-0.2, -0.15) is 0 Å². The number of piperazine rings is 1. The van der Waals surface area contributed by atoms with E-state index in [1.807, 2.05) is 33.9 Å². The van der Waals surface area contributed by atoms with Crippen LogP contribution in [0.1, 0.15) is 6.42 Å². The maximum atomic E-state index is 12.3. The number of hydrogen-bond donors (Lipinski definition) is 1. The van der Waals surface area contributed by atoms with Gasteiger partial charge in [-0.1, -0.05) is 6.07 Å². The number of hydrogen-bond acceptors (Lipinski definition) is 4. The number of amides is 2. The van der Waals surface area contributed by atoms with Crippen LogP contribution in [0, 0.1) is 0 Å². The maximum Gasteiger partial charge on any atom is 0.317 e. The molecule has 0 atom stereocenters. The summed E-state index contributed by atoms with van der Waals surface area (Å²) in [6.45, 7) is 4.65. The van der Waals surface area contributed by atoms with Crippen molar-refractivity contribution in [2.45, 2.75) is 13.0 Å². The number of anilines is 1. The molecule has 1 aromatic heterocycles. The van der Waals surface area contributed by atoms with Crippen molar-refractivity contribution in [2.24, 2.45) is 0 Å². The van der Waals surface area contributed by atoms with Crippen LogP contribution in [0.5, 0.6) is 5.75 Å². The standard InChI is InChI=1S/C18H25N5O2/c1-25-17-5-2-4-16(14-17)22-10-12-23(13-11-22)18(24)20-6-3-8-21-9-7-19-15-21/h2,4-5,7,9,14-15H,3,6,8,10-13H2,1H3,(H,20,24). The molecule has 0 spiro atoms. The molecular weight excluding hydrogens is 318 g/mol. The van der Waals surface area contributed by atoms with Crippen molar-refractivity contribution < 1.29 is 9.53 Å². The van der Waals surface area contributed by atoms with E-state index in [1.165, 1.54) is 0 Å². The van der Waals surface area contributed by atoms with Crippen LogP contribution >= 0.6 is 0 Å². The summed E-state index contributed by atoms with van der Waals surface area (Å²) in [6, 6.07) is 8.07. The Morgan fingerprint density at radius 1 is 1.28 bits per heavy atom. The zero-order valence-corrected chi connectivity index (χ0v) is 14.6. The fraction of sp³-hybridized carbons (Fsp3) is 0.444. The van der Waals surface area contributed by atoms with Gasteiger partial charge in [0, 0.05) is 63.4 Å². The lowest BCUT2D eigenvalue weighted by molar-refractivity contribution is 0.194. The molecule has 134 valence electrons. The Morgan fingerprint density at radius 2 is 2.12 bits per heavy atom. The summed E-state index contributed by atoms with van der Waals surface area (Å²) in [6.07, 6.45) is 6.38. The molecule has 2 aromatic rings. The predicted octanol–water partition coefficient (Wildman–Crippen LogP) is 1.81. The van der Waals surface area contributed by atoms with Gasteiger partial charge in [-0.3, -0.25) is 0 Å². The summed E-state index contributed by atoms with van der Waals surface area (Å²) < 4.78 is 7.29. The van der Waals surface area contributed by atoms with E-state index in [9.17, 15) is 4.79 Å². The van der Waals surface area contributed by atoms with Crippen LogP contribution in [0.15, 0.2) is 43.0 Å². The Morgan fingerprint density at radius 3 is 2.84 bits per heavy atom. The Balaban J connectivity index is 1.39. The third kappa shape index (κ3) is 4.65. The molecular formula is C18H25N5O2. The van der Waals surface area contributed by atoms with Gasteiger partial charge in [-0.25, -0.2) is 9.78 Å². The molecule has 0 saturated carbocycles. The molecule has 0 aliphatic carbocycles. The topological polar surface area (TPSA) is 62.6 Å².